The number of hydrogen-bond acceptors (Lipinski definition) is 3. The third kappa shape index (κ3) is 1.55. The lowest BCUT2D eigenvalue weighted by Crippen LogP contribution is -2.44. The molecule has 3 aliphatic rings. The molecule has 3 aliphatic heterocycles. The third-order valence-corrected chi connectivity index (χ3v) is 4.92. The van der Waals surface area contributed by atoms with Gasteiger partial charge < -0.3 is 14.4 Å². The van der Waals surface area contributed by atoms with Gasteiger partial charge in [-0.2, -0.15) is 0 Å². The SMILES string of the molecule is O=C1c2cc3c(cc2CC2c4ccccc4CCN12)OCO3. The molecule has 0 aliphatic carbocycles. The monoisotopic (exact) mass is 293 g/mol. The zero-order valence-corrected chi connectivity index (χ0v) is 12.0. The van der Waals surface area contributed by atoms with E-state index < -0.39 is 0 Å². The molecule has 110 valence electrons. The van der Waals surface area contributed by atoms with Crippen LogP contribution in [0.2, 0.25) is 0 Å². The average molecular weight is 293 g/mol. The van der Waals surface area contributed by atoms with Crippen molar-refractivity contribution in [1.82, 2.24) is 4.90 Å². The maximum Gasteiger partial charge on any atom is 0.254 e. The highest BCUT2D eigenvalue weighted by molar-refractivity contribution is 5.98. The predicted molar refractivity (Wildman–Crippen MR) is 80.2 cm³/mol. The van der Waals surface area contributed by atoms with Crippen LogP contribution in [0.4, 0.5) is 0 Å². The van der Waals surface area contributed by atoms with E-state index in [0.717, 1.165) is 36.3 Å². The normalized spacial score (nSPS) is 21.2. The Labute approximate surface area is 128 Å². The Bertz CT molecular complexity index is 799. The maximum atomic E-state index is 12.9. The smallest absolute Gasteiger partial charge is 0.254 e. The topological polar surface area (TPSA) is 38.8 Å². The number of rotatable bonds is 0. The molecule has 0 radical (unpaired) electrons. The fourth-order valence-electron chi connectivity index (χ4n) is 3.83. The zero-order valence-electron chi connectivity index (χ0n) is 12.0. The molecule has 1 unspecified atom stereocenters. The van der Waals surface area contributed by atoms with Crippen molar-refractivity contribution in [2.24, 2.45) is 0 Å². The Morgan fingerprint density at radius 3 is 2.77 bits per heavy atom. The van der Waals surface area contributed by atoms with Crippen LogP contribution in [0.15, 0.2) is 36.4 Å². The Hall–Kier alpha value is -2.49. The summed E-state index contributed by atoms with van der Waals surface area (Å²) in [6.07, 6.45) is 1.77. The van der Waals surface area contributed by atoms with Gasteiger partial charge in [0.05, 0.1) is 6.04 Å². The summed E-state index contributed by atoms with van der Waals surface area (Å²) in [5.74, 6) is 1.55. The van der Waals surface area contributed by atoms with Crippen molar-refractivity contribution in [2.45, 2.75) is 18.9 Å². The third-order valence-electron chi connectivity index (χ3n) is 4.92. The van der Waals surface area contributed by atoms with E-state index in [0.29, 0.717) is 5.75 Å². The molecule has 0 spiro atoms. The number of fused-ring (bicyclic) bond motifs is 5. The summed E-state index contributed by atoms with van der Waals surface area (Å²) in [6, 6.07) is 12.4. The van der Waals surface area contributed by atoms with E-state index in [4.69, 9.17) is 9.47 Å². The Morgan fingerprint density at radius 2 is 1.86 bits per heavy atom. The molecule has 0 aromatic heterocycles. The van der Waals surface area contributed by atoms with E-state index in [9.17, 15) is 4.79 Å². The summed E-state index contributed by atoms with van der Waals surface area (Å²) in [6.45, 7) is 1.02. The fraction of sp³-hybridized carbons (Fsp3) is 0.278. The second-order valence-electron chi connectivity index (χ2n) is 6.03. The first kappa shape index (κ1) is 12.1. The summed E-state index contributed by atoms with van der Waals surface area (Å²) in [7, 11) is 0. The van der Waals surface area contributed by atoms with Crippen LogP contribution in [-0.2, 0) is 12.8 Å². The molecule has 0 bridgehead atoms. The maximum absolute atomic E-state index is 12.9. The van der Waals surface area contributed by atoms with Crippen molar-refractivity contribution >= 4 is 5.91 Å². The lowest BCUT2D eigenvalue weighted by molar-refractivity contribution is 0.0631. The highest BCUT2D eigenvalue weighted by Crippen LogP contribution is 2.42. The minimum atomic E-state index is 0.110. The van der Waals surface area contributed by atoms with Crippen LogP contribution < -0.4 is 9.47 Å². The number of nitrogens with zero attached hydrogens (tertiary/aromatic N) is 1. The number of hydrogen-bond donors (Lipinski definition) is 0. The Morgan fingerprint density at radius 1 is 1.05 bits per heavy atom. The van der Waals surface area contributed by atoms with Crippen LogP contribution in [0.3, 0.4) is 0 Å². The molecule has 4 nitrogen and oxygen atoms in total. The summed E-state index contributed by atoms with van der Waals surface area (Å²) < 4.78 is 10.9. The molecule has 2 aromatic carbocycles. The van der Waals surface area contributed by atoms with Gasteiger partial charge in [0.15, 0.2) is 11.5 Å². The van der Waals surface area contributed by atoms with Crippen molar-refractivity contribution in [1.29, 1.82) is 0 Å². The molecule has 1 amide bonds. The van der Waals surface area contributed by atoms with Gasteiger partial charge in [-0.3, -0.25) is 4.79 Å². The highest BCUT2D eigenvalue weighted by atomic mass is 16.7. The van der Waals surface area contributed by atoms with Gasteiger partial charge in [0.25, 0.3) is 5.91 Å². The average Bonchev–Trinajstić information content (AvgIpc) is 3.01. The fourth-order valence-corrected chi connectivity index (χ4v) is 3.83. The van der Waals surface area contributed by atoms with Crippen molar-refractivity contribution in [2.75, 3.05) is 13.3 Å². The predicted octanol–water partition coefficient (Wildman–Crippen LogP) is 2.71. The molecule has 0 saturated heterocycles. The first-order valence-corrected chi connectivity index (χ1v) is 7.62. The first-order valence-electron chi connectivity index (χ1n) is 7.62. The van der Waals surface area contributed by atoms with Gasteiger partial charge in [-0.1, -0.05) is 24.3 Å². The lowest BCUT2D eigenvalue weighted by Gasteiger charge is -2.41. The highest BCUT2D eigenvalue weighted by Gasteiger charge is 2.37. The van der Waals surface area contributed by atoms with E-state index in [1.807, 2.05) is 17.0 Å². The van der Waals surface area contributed by atoms with Crippen LogP contribution >= 0.6 is 0 Å². The number of benzene rings is 2. The van der Waals surface area contributed by atoms with E-state index in [2.05, 4.69) is 24.3 Å². The number of carbonyl (C=O) groups is 1. The molecule has 22 heavy (non-hydrogen) atoms. The second-order valence-corrected chi connectivity index (χ2v) is 6.03. The molecule has 2 aromatic rings. The van der Waals surface area contributed by atoms with Crippen molar-refractivity contribution in [3.63, 3.8) is 0 Å². The van der Waals surface area contributed by atoms with Gasteiger partial charge in [-0.25, -0.2) is 0 Å². The van der Waals surface area contributed by atoms with Gasteiger partial charge in [0, 0.05) is 12.1 Å². The molecule has 0 fully saturated rings. The van der Waals surface area contributed by atoms with Crippen LogP contribution in [0, 0.1) is 0 Å². The Kier molecular flexibility index (Phi) is 2.34. The van der Waals surface area contributed by atoms with E-state index in [-0.39, 0.29) is 18.7 Å². The van der Waals surface area contributed by atoms with E-state index in [1.165, 1.54) is 11.1 Å². The largest absolute Gasteiger partial charge is 0.454 e. The number of amides is 1. The molecule has 4 heteroatoms. The van der Waals surface area contributed by atoms with Crippen LogP contribution in [0.1, 0.15) is 33.1 Å². The molecule has 3 heterocycles. The van der Waals surface area contributed by atoms with Crippen LogP contribution in [0.5, 0.6) is 11.5 Å². The molecule has 5 rings (SSSR count). The molecule has 0 saturated carbocycles. The van der Waals surface area contributed by atoms with E-state index >= 15 is 0 Å². The van der Waals surface area contributed by atoms with Gasteiger partial charge in [0.2, 0.25) is 6.79 Å². The van der Waals surface area contributed by atoms with Crippen molar-refractivity contribution in [3.8, 4) is 11.5 Å². The molecular weight excluding hydrogens is 278 g/mol. The van der Waals surface area contributed by atoms with Gasteiger partial charge in [-0.15, -0.1) is 0 Å². The number of carbonyl (C=O) groups excluding carboxylic acids is 1. The van der Waals surface area contributed by atoms with Crippen molar-refractivity contribution < 1.29 is 14.3 Å². The molecule has 0 N–H and O–H groups in total. The van der Waals surface area contributed by atoms with E-state index in [1.54, 1.807) is 0 Å². The van der Waals surface area contributed by atoms with Gasteiger partial charge >= 0.3 is 0 Å². The van der Waals surface area contributed by atoms with Gasteiger partial charge in [0.1, 0.15) is 0 Å². The summed E-state index contributed by atoms with van der Waals surface area (Å²) in [5, 5.41) is 0. The van der Waals surface area contributed by atoms with Crippen molar-refractivity contribution in [3.05, 3.63) is 58.7 Å². The Balaban J connectivity index is 1.65. The second kappa shape index (κ2) is 4.26. The zero-order chi connectivity index (χ0) is 14.7. The van der Waals surface area contributed by atoms with Crippen LogP contribution in [0.25, 0.3) is 0 Å². The lowest BCUT2D eigenvalue weighted by atomic mass is 9.83. The molecule has 1 atom stereocenters. The standard InChI is InChI=1S/C18H15NO3/c20-18-14-9-17-16(21-10-22-17)8-12(14)7-15-13-4-2-1-3-11(13)5-6-19(15)18/h1-4,8-9,15H,5-7,10H2. The summed E-state index contributed by atoms with van der Waals surface area (Å²) in [5.41, 5.74) is 4.47. The molecular formula is C18H15NO3. The number of ether oxygens (including phenoxy) is 2. The summed E-state index contributed by atoms with van der Waals surface area (Å²) >= 11 is 0. The quantitative estimate of drug-likeness (QED) is 0.749. The first-order chi connectivity index (χ1) is 10.8. The van der Waals surface area contributed by atoms with Gasteiger partial charge in [-0.05, 0) is 41.7 Å². The minimum absolute atomic E-state index is 0.110. The minimum Gasteiger partial charge on any atom is -0.454 e. The summed E-state index contributed by atoms with van der Waals surface area (Å²) in [4.78, 5) is 14.9. The van der Waals surface area contributed by atoms with Crippen LogP contribution in [-0.4, -0.2) is 24.1 Å².